The number of nitrogens with zero attached hydrogens (tertiary/aromatic N) is 2. The second kappa shape index (κ2) is 7.53. The van der Waals surface area contributed by atoms with Crippen molar-refractivity contribution in [1.82, 2.24) is 20.5 Å². The van der Waals surface area contributed by atoms with Gasteiger partial charge in [0.25, 0.3) is 5.91 Å². The first kappa shape index (κ1) is 20.3. The molecule has 29 heavy (non-hydrogen) atoms. The lowest BCUT2D eigenvalue weighted by Gasteiger charge is -2.28. The maximum atomic E-state index is 12.9. The maximum absolute atomic E-state index is 12.9. The molecule has 0 radical (unpaired) electrons. The summed E-state index contributed by atoms with van der Waals surface area (Å²) in [6.45, 7) is 1.71. The molecule has 0 unspecified atom stereocenters. The number of aromatic amines is 1. The van der Waals surface area contributed by atoms with E-state index in [2.05, 4.69) is 20.5 Å². The molecular formula is C19H18F3N5O2. The summed E-state index contributed by atoms with van der Waals surface area (Å²) in [5.74, 6) is -1.34. The van der Waals surface area contributed by atoms with Crippen molar-refractivity contribution in [2.45, 2.75) is 32.0 Å². The molecule has 0 saturated carbocycles. The number of nitrogens with one attached hydrogen (secondary N) is 3. The van der Waals surface area contributed by atoms with Gasteiger partial charge in [-0.05, 0) is 37.6 Å². The highest BCUT2D eigenvalue weighted by atomic mass is 19.4. The summed E-state index contributed by atoms with van der Waals surface area (Å²) >= 11 is 0. The second-order valence-electron chi connectivity index (χ2n) is 7.02. The number of rotatable bonds is 5. The first-order valence-electron chi connectivity index (χ1n) is 8.62. The Kier molecular flexibility index (Phi) is 5.27. The summed E-state index contributed by atoms with van der Waals surface area (Å²) in [5.41, 5.74) is -0.860. The van der Waals surface area contributed by atoms with Crippen LogP contribution in [-0.4, -0.2) is 38.7 Å². The third-order valence-corrected chi connectivity index (χ3v) is 4.28. The average molecular weight is 405 g/mol. The number of H-pyrrole nitrogens is 1. The number of fused-ring (bicyclic) bond motifs is 1. The average Bonchev–Trinajstić information content (AvgIpc) is 3.08. The van der Waals surface area contributed by atoms with Crippen LogP contribution in [-0.2, 0) is 11.2 Å². The predicted octanol–water partition coefficient (Wildman–Crippen LogP) is 3.21. The van der Waals surface area contributed by atoms with Gasteiger partial charge in [-0.25, -0.2) is 0 Å². The second-order valence-corrected chi connectivity index (χ2v) is 7.02. The van der Waals surface area contributed by atoms with Gasteiger partial charge in [0.1, 0.15) is 11.2 Å². The number of alkyl halides is 3. The molecule has 0 aliphatic heterocycles. The van der Waals surface area contributed by atoms with E-state index >= 15 is 0 Å². The zero-order valence-corrected chi connectivity index (χ0v) is 15.6. The zero-order valence-electron chi connectivity index (χ0n) is 15.6. The van der Waals surface area contributed by atoms with Crippen LogP contribution in [0.25, 0.3) is 10.9 Å². The van der Waals surface area contributed by atoms with E-state index < -0.39 is 17.6 Å². The molecule has 3 aromatic rings. The van der Waals surface area contributed by atoms with Gasteiger partial charge in [0.2, 0.25) is 5.91 Å². The fourth-order valence-electron chi connectivity index (χ4n) is 2.54. The van der Waals surface area contributed by atoms with Crippen LogP contribution in [0.2, 0.25) is 0 Å². The number of aromatic nitrogens is 3. The number of carbonyl (C=O) groups excluding carboxylic acids is 2. The minimum absolute atomic E-state index is 0.0694. The summed E-state index contributed by atoms with van der Waals surface area (Å²) in [7, 11) is 0. The van der Waals surface area contributed by atoms with Crippen LogP contribution in [0.5, 0.6) is 0 Å². The van der Waals surface area contributed by atoms with Crippen molar-refractivity contribution in [3.63, 3.8) is 0 Å². The molecule has 2 heterocycles. The topological polar surface area (TPSA) is 99.8 Å². The van der Waals surface area contributed by atoms with E-state index in [0.717, 1.165) is 30.3 Å². The highest BCUT2D eigenvalue weighted by Gasteiger charge is 2.48. The number of amides is 2. The zero-order chi connectivity index (χ0) is 21.2. The summed E-state index contributed by atoms with van der Waals surface area (Å²) in [6, 6.07) is 8.09. The lowest BCUT2D eigenvalue weighted by atomic mass is 10.0. The molecule has 0 spiro atoms. The van der Waals surface area contributed by atoms with E-state index in [-0.39, 0.29) is 23.7 Å². The van der Waals surface area contributed by atoms with Crippen molar-refractivity contribution in [1.29, 1.82) is 0 Å². The van der Waals surface area contributed by atoms with Crippen molar-refractivity contribution in [2.75, 3.05) is 5.32 Å². The van der Waals surface area contributed by atoms with Crippen molar-refractivity contribution < 1.29 is 22.8 Å². The predicted molar refractivity (Wildman–Crippen MR) is 100 cm³/mol. The van der Waals surface area contributed by atoms with Crippen LogP contribution < -0.4 is 10.6 Å². The van der Waals surface area contributed by atoms with E-state index in [1.807, 2.05) is 11.4 Å². The van der Waals surface area contributed by atoms with Crippen molar-refractivity contribution in [2.24, 2.45) is 0 Å². The Morgan fingerprint density at radius 3 is 2.62 bits per heavy atom. The molecule has 2 aromatic heterocycles. The van der Waals surface area contributed by atoms with Gasteiger partial charge < -0.3 is 10.6 Å². The third kappa shape index (κ3) is 4.71. The molecule has 0 aliphatic rings. The standard InChI is InChI=1S/C19H18F3N5O2/c1-18(2,19(20,21)22)26-17(29)15-9-13(5-6-23-15)25-16(28)8-11-3-4-12-10-24-27-14(12)7-11/h3-7,9-10H,8H2,1-2H3,(H,24,27)(H,26,29)(H,23,25,28). The van der Waals surface area contributed by atoms with Gasteiger partial charge in [0.15, 0.2) is 0 Å². The highest BCUT2D eigenvalue weighted by Crippen LogP contribution is 2.29. The SMILES string of the molecule is CC(C)(NC(=O)c1cc(NC(=O)Cc2ccc3cn[nH]c3c2)ccn1)C(F)(F)F. The Morgan fingerprint density at radius 1 is 1.14 bits per heavy atom. The van der Waals surface area contributed by atoms with E-state index in [1.165, 1.54) is 18.3 Å². The number of pyridine rings is 1. The van der Waals surface area contributed by atoms with Crippen LogP contribution in [0.3, 0.4) is 0 Å². The number of hydrogen-bond acceptors (Lipinski definition) is 4. The first-order chi connectivity index (χ1) is 13.5. The van der Waals surface area contributed by atoms with Crippen LogP contribution in [0.4, 0.5) is 18.9 Å². The highest BCUT2D eigenvalue weighted by molar-refractivity contribution is 5.96. The van der Waals surface area contributed by atoms with Gasteiger partial charge in [0, 0.05) is 17.3 Å². The molecule has 2 amide bonds. The Morgan fingerprint density at radius 2 is 1.90 bits per heavy atom. The van der Waals surface area contributed by atoms with E-state index in [0.29, 0.717) is 0 Å². The van der Waals surface area contributed by atoms with Gasteiger partial charge in [-0.15, -0.1) is 0 Å². The molecule has 0 saturated heterocycles. The van der Waals surface area contributed by atoms with Crippen LogP contribution >= 0.6 is 0 Å². The minimum atomic E-state index is -4.62. The normalized spacial score (nSPS) is 12.0. The number of hydrogen-bond donors (Lipinski definition) is 3. The number of benzene rings is 1. The molecule has 0 fully saturated rings. The van der Waals surface area contributed by atoms with Gasteiger partial charge >= 0.3 is 6.18 Å². The fraction of sp³-hybridized carbons (Fsp3) is 0.263. The summed E-state index contributed by atoms with van der Waals surface area (Å²) in [4.78, 5) is 28.2. The maximum Gasteiger partial charge on any atom is 0.410 e. The summed E-state index contributed by atoms with van der Waals surface area (Å²) < 4.78 is 38.8. The van der Waals surface area contributed by atoms with Crippen LogP contribution in [0, 0.1) is 0 Å². The van der Waals surface area contributed by atoms with Gasteiger partial charge in [0.05, 0.1) is 18.1 Å². The Bertz CT molecular complexity index is 1060. The van der Waals surface area contributed by atoms with Crippen LogP contribution in [0.1, 0.15) is 29.9 Å². The van der Waals surface area contributed by atoms with Crippen molar-refractivity contribution >= 4 is 28.4 Å². The van der Waals surface area contributed by atoms with Crippen molar-refractivity contribution in [3.05, 3.63) is 54.0 Å². The van der Waals surface area contributed by atoms with Crippen LogP contribution in [0.15, 0.2) is 42.7 Å². The third-order valence-electron chi connectivity index (χ3n) is 4.28. The van der Waals surface area contributed by atoms with Gasteiger partial charge in [-0.3, -0.25) is 19.7 Å². The number of halogens is 3. The first-order valence-corrected chi connectivity index (χ1v) is 8.62. The van der Waals surface area contributed by atoms with E-state index in [4.69, 9.17) is 0 Å². The van der Waals surface area contributed by atoms with E-state index in [1.54, 1.807) is 18.3 Å². The summed E-state index contributed by atoms with van der Waals surface area (Å²) in [5, 5.41) is 12.2. The molecule has 1 aromatic carbocycles. The van der Waals surface area contributed by atoms with E-state index in [9.17, 15) is 22.8 Å². The minimum Gasteiger partial charge on any atom is -0.337 e. The molecule has 3 rings (SSSR count). The molecule has 7 nitrogen and oxygen atoms in total. The Hall–Kier alpha value is -3.43. The van der Waals surface area contributed by atoms with Crippen molar-refractivity contribution in [3.8, 4) is 0 Å². The Labute approximate surface area is 163 Å². The van der Waals surface area contributed by atoms with Gasteiger partial charge in [-0.2, -0.15) is 18.3 Å². The lowest BCUT2D eigenvalue weighted by molar-refractivity contribution is -0.182. The van der Waals surface area contributed by atoms with Gasteiger partial charge in [-0.1, -0.05) is 12.1 Å². The molecule has 0 atom stereocenters. The smallest absolute Gasteiger partial charge is 0.337 e. The largest absolute Gasteiger partial charge is 0.410 e. The fourth-order valence-corrected chi connectivity index (χ4v) is 2.54. The number of anilines is 1. The molecule has 0 bridgehead atoms. The molecule has 10 heteroatoms. The molecule has 3 N–H and O–H groups in total. The lowest BCUT2D eigenvalue weighted by Crippen LogP contribution is -2.54. The molecule has 0 aliphatic carbocycles. The monoisotopic (exact) mass is 405 g/mol. The number of carbonyl (C=O) groups is 2. The molecule has 152 valence electrons. The quantitative estimate of drug-likeness (QED) is 0.607. The summed E-state index contributed by atoms with van der Waals surface area (Å²) in [6.07, 6.45) is -1.64. The molecular weight excluding hydrogens is 387 g/mol. The Balaban J connectivity index is 1.67.